The Kier molecular flexibility index (Phi) is 5.65. The van der Waals surface area contributed by atoms with E-state index in [-0.39, 0.29) is 12.0 Å². The molecule has 4 rings (SSSR count). The van der Waals surface area contributed by atoms with E-state index in [4.69, 9.17) is 16.3 Å². The number of ether oxygens (including phenoxy) is 1. The summed E-state index contributed by atoms with van der Waals surface area (Å²) in [5, 5.41) is 0.637. The molecule has 1 atom stereocenters. The van der Waals surface area contributed by atoms with Crippen molar-refractivity contribution in [2.45, 2.75) is 12.5 Å². The predicted octanol–water partition coefficient (Wildman–Crippen LogP) is 3.94. The molecule has 0 spiro atoms. The summed E-state index contributed by atoms with van der Waals surface area (Å²) in [5.74, 6) is 0.0905. The fourth-order valence-corrected chi connectivity index (χ4v) is 3.56. The van der Waals surface area contributed by atoms with E-state index in [1.54, 1.807) is 12.4 Å². The van der Waals surface area contributed by atoms with Gasteiger partial charge in [-0.15, -0.1) is 0 Å². The SMILES string of the molecule is O=C(Cc1ccccc1)N1CCOC(c2nccnc2-c2cccc(Cl)c2)C1. The number of halogens is 1. The summed E-state index contributed by atoms with van der Waals surface area (Å²) in [6, 6.07) is 17.3. The molecule has 1 unspecified atom stereocenters. The molecular weight excluding hydrogens is 374 g/mol. The van der Waals surface area contributed by atoms with Gasteiger partial charge < -0.3 is 9.64 Å². The van der Waals surface area contributed by atoms with Crippen LogP contribution in [-0.2, 0) is 16.0 Å². The fourth-order valence-electron chi connectivity index (χ4n) is 3.37. The van der Waals surface area contributed by atoms with Gasteiger partial charge in [-0.1, -0.05) is 54.1 Å². The molecule has 0 saturated carbocycles. The molecule has 1 amide bonds. The molecule has 0 bridgehead atoms. The normalized spacial score (nSPS) is 16.8. The maximum Gasteiger partial charge on any atom is 0.227 e. The molecule has 6 heteroatoms. The van der Waals surface area contributed by atoms with Gasteiger partial charge in [0.15, 0.2) is 0 Å². The maximum absolute atomic E-state index is 12.8. The summed E-state index contributed by atoms with van der Waals surface area (Å²) >= 11 is 6.14. The van der Waals surface area contributed by atoms with Gasteiger partial charge in [-0.3, -0.25) is 14.8 Å². The predicted molar refractivity (Wildman–Crippen MR) is 108 cm³/mol. The van der Waals surface area contributed by atoms with E-state index in [1.165, 1.54) is 0 Å². The standard InChI is InChI=1S/C22H20ClN3O2/c23-18-8-4-7-17(14-18)21-22(25-10-9-24-21)19-15-26(11-12-28-19)20(27)13-16-5-2-1-3-6-16/h1-10,14,19H,11-13,15H2. The van der Waals surface area contributed by atoms with Gasteiger partial charge in [-0.05, 0) is 17.7 Å². The molecule has 2 aromatic carbocycles. The van der Waals surface area contributed by atoms with Crippen LogP contribution in [0.4, 0.5) is 0 Å². The number of carbonyl (C=O) groups is 1. The van der Waals surface area contributed by atoms with Crippen LogP contribution in [0.25, 0.3) is 11.3 Å². The van der Waals surface area contributed by atoms with Crippen LogP contribution < -0.4 is 0 Å². The average Bonchev–Trinajstić information content (AvgIpc) is 2.74. The molecule has 1 fully saturated rings. The van der Waals surface area contributed by atoms with Crippen molar-refractivity contribution in [3.63, 3.8) is 0 Å². The zero-order chi connectivity index (χ0) is 19.3. The van der Waals surface area contributed by atoms with Gasteiger partial charge in [-0.2, -0.15) is 0 Å². The lowest BCUT2D eigenvalue weighted by Gasteiger charge is -2.33. The van der Waals surface area contributed by atoms with Crippen LogP contribution in [0, 0.1) is 0 Å². The van der Waals surface area contributed by atoms with E-state index in [0.717, 1.165) is 22.5 Å². The number of amides is 1. The maximum atomic E-state index is 12.8. The molecule has 1 aromatic heterocycles. The molecule has 1 aliphatic heterocycles. The molecular formula is C22H20ClN3O2. The number of rotatable bonds is 4. The van der Waals surface area contributed by atoms with Crippen LogP contribution in [0.15, 0.2) is 67.0 Å². The van der Waals surface area contributed by atoms with Crippen LogP contribution in [0.2, 0.25) is 5.02 Å². The average molecular weight is 394 g/mol. The third-order valence-corrected chi connectivity index (χ3v) is 4.98. The van der Waals surface area contributed by atoms with Crippen molar-refractivity contribution in [1.29, 1.82) is 0 Å². The Morgan fingerprint density at radius 2 is 1.93 bits per heavy atom. The Labute approximate surface area is 169 Å². The van der Waals surface area contributed by atoms with Gasteiger partial charge in [0.05, 0.1) is 31.0 Å². The summed E-state index contributed by atoms with van der Waals surface area (Å²) in [6.45, 7) is 1.50. The molecule has 0 aliphatic carbocycles. The Morgan fingerprint density at radius 3 is 2.75 bits per heavy atom. The summed E-state index contributed by atoms with van der Waals surface area (Å²) in [5.41, 5.74) is 3.34. The zero-order valence-electron chi connectivity index (χ0n) is 15.3. The van der Waals surface area contributed by atoms with E-state index < -0.39 is 0 Å². The highest BCUT2D eigenvalue weighted by Crippen LogP contribution is 2.30. The first-order chi connectivity index (χ1) is 13.7. The topological polar surface area (TPSA) is 55.3 Å². The number of aromatic nitrogens is 2. The first kappa shape index (κ1) is 18.6. The minimum Gasteiger partial charge on any atom is -0.368 e. The minimum atomic E-state index is -0.323. The number of carbonyl (C=O) groups excluding carboxylic acids is 1. The molecule has 3 aromatic rings. The van der Waals surface area contributed by atoms with Crippen molar-refractivity contribution in [2.24, 2.45) is 0 Å². The van der Waals surface area contributed by atoms with Crippen molar-refractivity contribution >= 4 is 17.5 Å². The van der Waals surface area contributed by atoms with Gasteiger partial charge in [0.25, 0.3) is 0 Å². The number of nitrogens with zero attached hydrogens (tertiary/aromatic N) is 3. The van der Waals surface area contributed by atoms with Crippen LogP contribution >= 0.6 is 11.6 Å². The second-order valence-electron chi connectivity index (χ2n) is 6.66. The molecule has 2 heterocycles. The highest BCUT2D eigenvalue weighted by Gasteiger charge is 2.28. The van der Waals surface area contributed by atoms with Crippen molar-refractivity contribution < 1.29 is 9.53 Å². The summed E-state index contributed by atoms with van der Waals surface area (Å²) < 4.78 is 5.96. The quantitative estimate of drug-likeness (QED) is 0.673. The third-order valence-electron chi connectivity index (χ3n) is 4.75. The number of hydrogen-bond acceptors (Lipinski definition) is 4. The molecule has 142 valence electrons. The van der Waals surface area contributed by atoms with Crippen molar-refractivity contribution in [1.82, 2.24) is 14.9 Å². The van der Waals surface area contributed by atoms with Crippen molar-refractivity contribution in [3.8, 4) is 11.3 Å². The summed E-state index contributed by atoms with van der Waals surface area (Å²) in [7, 11) is 0. The van der Waals surface area contributed by atoms with Gasteiger partial charge in [0, 0.05) is 29.5 Å². The summed E-state index contributed by atoms with van der Waals surface area (Å²) in [6.07, 6.45) is 3.37. The molecule has 1 saturated heterocycles. The largest absolute Gasteiger partial charge is 0.368 e. The lowest BCUT2D eigenvalue weighted by Crippen LogP contribution is -2.43. The Morgan fingerprint density at radius 1 is 1.11 bits per heavy atom. The second-order valence-corrected chi connectivity index (χ2v) is 7.10. The van der Waals surface area contributed by atoms with Gasteiger partial charge in [-0.25, -0.2) is 0 Å². The molecule has 0 radical (unpaired) electrons. The first-order valence-corrected chi connectivity index (χ1v) is 9.58. The highest BCUT2D eigenvalue weighted by atomic mass is 35.5. The van der Waals surface area contributed by atoms with E-state index >= 15 is 0 Å². The smallest absolute Gasteiger partial charge is 0.227 e. The van der Waals surface area contributed by atoms with Crippen molar-refractivity contribution in [3.05, 3.63) is 83.3 Å². The molecule has 1 aliphatic rings. The Balaban J connectivity index is 1.55. The van der Waals surface area contributed by atoms with E-state index in [0.29, 0.717) is 31.1 Å². The lowest BCUT2D eigenvalue weighted by atomic mass is 10.0. The summed E-state index contributed by atoms with van der Waals surface area (Å²) in [4.78, 5) is 23.6. The van der Waals surface area contributed by atoms with Gasteiger partial charge >= 0.3 is 0 Å². The molecule has 28 heavy (non-hydrogen) atoms. The number of benzene rings is 2. The van der Waals surface area contributed by atoms with Crippen LogP contribution in [0.1, 0.15) is 17.4 Å². The molecule has 5 nitrogen and oxygen atoms in total. The first-order valence-electron chi connectivity index (χ1n) is 9.21. The van der Waals surface area contributed by atoms with Crippen LogP contribution in [-0.4, -0.2) is 40.5 Å². The monoisotopic (exact) mass is 393 g/mol. The number of hydrogen-bond donors (Lipinski definition) is 0. The number of morpholine rings is 1. The van der Waals surface area contributed by atoms with E-state index in [2.05, 4.69) is 9.97 Å². The third kappa shape index (κ3) is 4.21. The Bertz CT molecular complexity index is 965. The van der Waals surface area contributed by atoms with Crippen molar-refractivity contribution in [2.75, 3.05) is 19.7 Å². The van der Waals surface area contributed by atoms with E-state index in [1.807, 2.05) is 59.5 Å². The second kappa shape index (κ2) is 8.50. The van der Waals surface area contributed by atoms with E-state index in [9.17, 15) is 4.79 Å². The minimum absolute atomic E-state index is 0.0905. The fraction of sp³-hybridized carbons (Fsp3) is 0.227. The zero-order valence-corrected chi connectivity index (χ0v) is 16.0. The van der Waals surface area contributed by atoms with Crippen LogP contribution in [0.5, 0.6) is 0 Å². The van der Waals surface area contributed by atoms with Gasteiger partial charge in [0.2, 0.25) is 5.91 Å². The highest BCUT2D eigenvalue weighted by molar-refractivity contribution is 6.30. The van der Waals surface area contributed by atoms with Crippen LogP contribution in [0.3, 0.4) is 0 Å². The lowest BCUT2D eigenvalue weighted by molar-refractivity contribution is -0.138. The van der Waals surface area contributed by atoms with Gasteiger partial charge in [0.1, 0.15) is 6.10 Å². The Hall–Kier alpha value is -2.76. The molecule has 0 N–H and O–H groups in total.